The molecule has 8 heteroatoms. The molecule has 0 aromatic heterocycles. The molecule has 1 aliphatic heterocycles. The average Bonchev–Trinajstić information content (AvgIpc) is 2.44. The number of carbonyl (C=O) groups is 3. The van der Waals surface area contributed by atoms with Crippen molar-refractivity contribution in [2.75, 3.05) is 39.3 Å². The van der Waals surface area contributed by atoms with Crippen LogP contribution >= 0.6 is 0 Å². The number of piperazine rings is 1. The zero-order chi connectivity index (χ0) is 18.3. The molecular weight excluding hydrogens is 314 g/mol. The highest BCUT2D eigenvalue weighted by Crippen LogP contribution is 2.14. The van der Waals surface area contributed by atoms with E-state index in [0.29, 0.717) is 26.2 Å². The van der Waals surface area contributed by atoms with Crippen LogP contribution in [0.15, 0.2) is 0 Å². The Bertz CT molecular complexity index is 461. The van der Waals surface area contributed by atoms with Gasteiger partial charge in [-0.2, -0.15) is 0 Å². The minimum atomic E-state index is -0.554. The van der Waals surface area contributed by atoms with E-state index < -0.39 is 11.6 Å². The summed E-state index contributed by atoms with van der Waals surface area (Å²) < 4.78 is 10.4. The monoisotopic (exact) mass is 343 g/mol. The molecule has 2 N–H and O–H groups in total. The van der Waals surface area contributed by atoms with Gasteiger partial charge >= 0.3 is 11.9 Å². The molecule has 0 bridgehead atoms. The van der Waals surface area contributed by atoms with Gasteiger partial charge in [0, 0.05) is 39.5 Å². The predicted molar refractivity (Wildman–Crippen MR) is 88.1 cm³/mol. The van der Waals surface area contributed by atoms with E-state index in [0.717, 1.165) is 0 Å². The molecule has 0 spiro atoms. The number of amides is 1. The Morgan fingerprint density at radius 3 is 2.42 bits per heavy atom. The molecular formula is C16H29N3O5. The van der Waals surface area contributed by atoms with Gasteiger partial charge in [-0.1, -0.05) is 0 Å². The molecule has 138 valence electrons. The quantitative estimate of drug-likeness (QED) is 0.664. The Kier molecular flexibility index (Phi) is 7.62. The second kappa shape index (κ2) is 8.98. The SMILES string of the molecule is CC(=O)OCC1CN(C(=O)CCN)CCN1CC(=O)OC(C)(C)C. The van der Waals surface area contributed by atoms with Crippen LogP contribution in [0, 0.1) is 0 Å². The summed E-state index contributed by atoms with van der Waals surface area (Å²) in [5.41, 5.74) is 4.88. The minimum absolute atomic E-state index is 0.0257. The van der Waals surface area contributed by atoms with E-state index >= 15 is 0 Å². The number of hydrogen-bond donors (Lipinski definition) is 1. The van der Waals surface area contributed by atoms with Crippen LogP contribution in [0.2, 0.25) is 0 Å². The first kappa shape index (κ1) is 20.4. The molecule has 1 amide bonds. The van der Waals surface area contributed by atoms with Crippen molar-refractivity contribution in [2.45, 2.75) is 45.8 Å². The molecule has 0 aromatic carbocycles. The van der Waals surface area contributed by atoms with Crippen molar-refractivity contribution < 1.29 is 23.9 Å². The third kappa shape index (κ3) is 7.27. The van der Waals surface area contributed by atoms with Crippen molar-refractivity contribution in [3.63, 3.8) is 0 Å². The molecule has 1 aliphatic rings. The Balaban J connectivity index is 2.69. The first-order valence-corrected chi connectivity index (χ1v) is 8.19. The Labute approximate surface area is 143 Å². The average molecular weight is 343 g/mol. The van der Waals surface area contributed by atoms with Crippen molar-refractivity contribution in [1.82, 2.24) is 9.80 Å². The number of carbonyl (C=O) groups excluding carboxylic acids is 3. The molecule has 0 radical (unpaired) electrons. The van der Waals surface area contributed by atoms with Gasteiger partial charge in [-0.15, -0.1) is 0 Å². The topological polar surface area (TPSA) is 102 Å². The Hall–Kier alpha value is -1.67. The second-order valence-corrected chi connectivity index (χ2v) is 6.89. The van der Waals surface area contributed by atoms with Crippen molar-refractivity contribution in [2.24, 2.45) is 5.73 Å². The van der Waals surface area contributed by atoms with Crippen LogP contribution in [0.25, 0.3) is 0 Å². The molecule has 24 heavy (non-hydrogen) atoms. The van der Waals surface area contributed by atoms with Crippen LogP contribution in [0.4, 0.5) is 0 Å². The lowest BCUT2D eigenvalue weighted by atomic mass is 10.1. The standard InChI is InChI=1S/C16H29N3O5/c1-12(20)23-11-13-9-19(14(21)5-6-17)8-7-18(13)10-15(22)24-16(2,3)4/h13H,5-11,17H2,1-4H3. The number of nitrogens with two attached hydrogens (primary N) is 1. The summed E-state index contributed by atoms with van der Waals surface area (Å²) in [6.07, 6.45) is 0.284. The highest BCUT2D eigenvalue weighted by atomic mass is 16.6. The van der Waals surface area contributed by atoms with Gasteiger partial charge in [-0.05, 0) is 20.8 Å². The summed E-state index contributed by atoms with van der Waals surface area (Å²) in [7, 11) is 0. The molecule has 1 atom stereocenters. The molecule has 1 unspecified atom stereocenters. The fourth-order valence-corrected chi connectivity index (χ4v) is 2.52. The van der Waals surface area contributed by atoms with E-state index in [2.05, 4.69) is 0 Å². The summed E-state index contributed by atoms with van der Waals surface area (Å²) >= 11 is 0. The van der Waals surface area contributed by atoms with Crippen molar-refractivity contribution in [3.05, 3.63) is 0 Å². The molecule has 1 heterocycles. The van der Waals surface area contributed by atoms with E-state index in [1.165, 1.54) is 6.92 Å². The molecule has 1 fully saturated rings. The zero-order valence-corrected chi connectivity index (χ0v) is 15.0. The maximum absolute atomic E-state index is 12.1. The van der Waals surface area contributed by atoms with E-state index in [1.807, 2.05) is 25.7 Å². The summed E-state index contributed by atoms with van der Waals surface area (Å²) in [4.78, 5) is 38.8. The van der Waals surface area contributed by atoms with Gasteiger partial charge in [0.05, 0.1) is 12.6 Å². The molecule has 1 rings (SSSR count). The van der Waals surface area contributed by atoms with Crippen molar-refractivity contribution in [3.8, 4) is 0 Å². The maximum Gasteiger partial charge on any atom is 0.320 e. The molecule has 8 nitrogen and oxygen atoms in total. The Morgan fingerprint density at radius 1 is 1.21 bits per heavy atom. The largest absolute Gasteiger partial charge is 0.464 e. The lowest BCUT2D eigenvalue weighted by Crippen LogP contribution is -2.58. The third-order valence-electron chi connectivity index (χ3n) is 3.55. The lowest BCUT2D eigenvalue weighted by molar-refractivity contribution is -0.158. The number of esters is 2. The first-order chi connectivity index (χ1) is 11.1. The summed E-state index contributed by atoms with van der Waals surface area (Å²) in [5, 5.41) is 0. The van der Waals surface area contributed by atoms with Crippen LogP contribution in [-0.4, -0.2) is 78.6 Å². The molecule has 0 saturated carbocycles. The number of rotatable bonds is 6. The summed E-state index contributed by atoms with van der Waals surface area (Å²) in [5.74, 6) is -0.753. The number of hydrogen-bond acceptors (Lipinski definition) is 7. The fraction of sp³-hybridized carbons (Fsp3) is 0.812. The minimum Gasteiger partial charge on any atom is -0.464 e. The third-order valence-corrected chi connectivity index (χ3v) is 3.55. The van der Waals surface area contributed by atoms with Crippen molar-refractivity contribution in [1.29, 1.82) is 0 Å². The zero-order valence-electron chi connectivity index (χ0n) is 15.0. The van der Waals surface area contributed by atoms with Gasteiger partial charge in [0.2, 0.25) is 5.91 Å². The molecule has 0 aliphatic carbocycles. The van der Waals surface area contributed by atoms with Gasteiger partial charge in [0.1, 0.15) is 12.2 Å². The van der Waals surface area contributed by atoms with E-state index in [9.17, 15) is 14.4 Å². The van der Waals surface area contributed by atoms with Crippen LogP contribution in [0.5, 0.6) is 0 Å². The number of ether oxygens (including phenoxy) is 2. The van der Waals surface area contributed by atoms with E-state index in [-0.39, 0.29) is 37.5 Å². The van der Waals surface area contributed by atoms with Gasteiger partial charge < -0.3 is 20.1 Å². The summed E-state index contributed by atoms with van der Waals surface area (Å²) in [6.45, 7) is 8.71. The highest BCUT2D eigenvalue weighted by molar-refractivity contribution is 5.76. The number of nitrogens with zero attached hydrogens (tertiary/aromatic N) is 2. The van der Waals surface area contributed by atoms with E-state index in [1.54, 1.807) is 4.90 Å². The predicted octanol–water partition coefficient (Wildman–Crippen LogP) is -0.247. The van der Waals surface area contributed by atoms with Crippen LogP contribution in [-0.2, 0) is 23.9 Å². The maximum atomic E-state index is 12.1. The summed E-state index contributed by atoms with van der Waals surface area (Å²) in [6, 6.07) is -0.239. The Morgan fingerprint density at radius 2 is 1.88 bits per heavy atom. The van der Waals surface area contributed by atoms with Gasteiger partial charge in [0.15, 0.2) is 0 Å². The van der Waals surface area contributed by atoms with Gasteiger partial charge in [-0.25, -0.2) is 0 Å². The smallest absolute Gasteiger partial charge is 0.320 e. The van der Waals surface area contributed by atoms with Crippen LogP contribution in [0.3, 0.4) is 0 Å². The molecule has 1 saturated heterocycles. The first-order valence-electron chi connectivity index (χ1n) is 8.19. The second-order valence-electron chi connectivity index (χ2n) is 6.89. The lowest BCUT2D eigenvalue weighted by Gasteiger charge is -2.40. The van der Waals surface area contributed by atoms with Gasteiger partial charge in [0.25, 0.3) is 0 Å². The van der Waals surface area contributed by atoms with Gasteiger partial charge in [-0.3, -0.25) is 19.3 Å². The normalized spacial score (nSPS) is 19.0. The highest BCUT2D eigenvalue weighted by Gasteiger charge is 2.32. The fourth-order valence-electron chi connectivity index (χ4n) is 2.52. The van der Waals surface area contributed by atoms with Crippen LogP contribution in [0.1, 0.15) is 34.1 Å². The van der Waals surface area contributed by atoms with E-state index in [4.69, 9.17) is 15.2 Å². The van der Waals surface area contributed by atoms with Crippen LogP contribution < -0.4 is 5.73 Å². The molecule has 0 aromatic rings. The van der Waals surface area contributed by atoms with Crippen molar-refractivity contribution >= 4 is 17.8 Å².